The predicted molar refractivity (Wildman–Crippen MR) is 50.6 cm³/mol. The van der Waals surface area contributed by atoms with Crippen molar-refractivity contribution in [3.63, 3.8) is 0 Å². The number of rotatable bonds is 7. The second-order valence-electron chi connectivity index (χ2n) is 3.65. The van der Waals surface area contributed by atoms with Gasteiger partial charge in [-0.2, -0.15) is 13.2 Å². The molecule has 0 radical (unpaired) electrons. The third-order valence-corrected chi connectivity index (χ3v) is 1.92. The van der Waals surface area contributed by atoms with Crippen molar-refractivity contribution < 1.29 is 23.0 Å². The van der Waals surface area contributed by atoms with Gasteiger partial charge in [0, 0.05) is 12.6 Å². The van der Waals surface area contributed by atoms with E-state index >= 15 is 0 Å². The lowest BCUT2D eigenvalue weighted by molar-refractivity contribution is -0.173. The van der Waals surface area contributed by atoms with Crippen LogP contribution in [0.2, 0.25) is 0 Å². The third-order valence-electron chi connectivity index (χ3n) is 1.92. The van der Waals surface area contributed by atoms with Gasteiger partial charge in [-0.15, -0.1) is 0 Å². The second-order valence-corrected chi connectivity index (χ2v) is 3.65. The molecule has 0 saturated heterocycles. The molecule has 0 bridgehead atoms. The lowest BCUT2D eigenvalue weighted by Crippen LogP contribution is -2.39. The summed E-state index contributed by atoms with van der Waals surface area (Å²) in [6.07, 6.45) is -4.27. The number of halogens is 3. The molecule has 0 spiro atoms. The van der Waals surface area contributed by atoms with Crippen LogP contribution >= 0.6 is 0 Å². The Balaban J connectivity index is 3.45. The molecule has 0 fully saturated rings. The van der Waals surface area contributed by atoms with Crippen LogP contribution in [0.25, 0.3) is 0 Å². The molecule has 0 aliphatic heterocycles. The van der Waals surface area contributed by atoms with Crippen LogP contribution in [-0.4, -0.2) is 43.7 Å². The Morgan fingerprint density at radius 1 is 1.33 bits per heavy atom. The minimum absolute atomic E-state index is 0.0112. The maximum Gasteiger partial charge on any atom is 0.411 e. The molecule has 0 aliphatic rings. The van der Waals surface area contributed by atoms with Crippen LogP contribution in [0.15, 0.2) is 0 Å². The van der Waals surface area contributed by atoms with E-state index in [0.29, 0.717) is 6.54 Å². The molecule has 0 rings (SSSR count). The Morgan fingerprint density at radius 3 is 2.33 bits per heavy atom. The van der Waals surface area contributed by atoms with Gasteiger partial charge in [0.1, 0.15) is 6.61 Å². The van der Waals surface area contributed by atoms with Crippen LogP contribution in [0.3, 0.4) is 0 Å². The second kappa shape index (κ2) is 7.03. The molecular weight excluding hydrogens is 211 g/mol. The summed E-state index contributed by atoms with van der Waals surface area (Å²) in [4.78, 5) is 0. The summed E-state index contributed by atoms with van der Waals surface area (Å²) in [6.45, 7) is 2.88. The Labute approximate surface area is 87.6 Å². The molecule has 0 unspecified atom stereocenters. The fraction of sp³-hybridized carbons (Fsp3) is 1.00. The highest BCUT2D eigenvalue weighted by Gasteiger charge is 2.27. The zero-order chi connectivity index (χ0) is 11.9. The first-order chi connectivity index (χ1) is 6.87. The van der Waals surface area contributed by atoms with E-state index in [1.54, 1.807) is 0 Å². The topological polar surface area (TPSA) is 41.5 Å². The van der Waals surface area contributed by atoms with Gasteiger partial charge in [0.05, 0.1) is 13.2 Å². The van der Waals surface area contributed by atoms with Crippen molar-refractivity contribution in [2.24, 2.45) is 5.92 Å². The summed E-state index contributed by atoms with van der Waals surface area (Å²) in [5.74, 6) is 0.234. The Kier molecular flexibility index (Phi) is 6.87. The normalized spacial score (nSPS) is 14.6. The third kappa shape index (κ3) is 8.65. The summed E-state index contributed by atoms with van der Waals surface area (Å²) >= 11 is 0. The van der Waals surface area contributed by atoms with Crippen molar-refractivity contribution in [2.75, 3.05) is 26.4 Å². The van der Waals surface area contributed by atoms with Gasteiger partial charge in [0.15, 0.2) is 0 Å². The summed E-state index contributed by atoms with van der Waals surface area (Å²) in [5.41, 5.74) is 0. The quantitative estimate of drug-likeness (QED) is 0.644. The molecule has 92 valence electrons. The van der Waals surface area contributed by atoms with E-state index in [2.05, 4.69) is 10.1 Å². The van der Waals surface area contributed by atoms with Crippen molar-refractivity contribution in [1.29, 1.82) is 0 Å². The smallest absolute Gasteiger partial charge is 0.395 e. The molecular formula is C9H18F3NO2. The Hall–Kier alpha value is -0.330. The molecule has 6 heteroatoms. The molecule has 0 saturated carbocycles. The first-order valence-electron chi connectivity index (χ1n) is 4.85. The lowest BCUT2D eigenvalue weighted by atomic mass is 10.1. The Bertz CT molecular complexity index is 162. The first-order valence-corrected chi connectivity index (χ1v) is 4.85. The van der Waals surface area contributed by atoms with E-state index in [9.17, 15) is 13.2 Å². The summed E-state index contributed by atoms with van der Waals surface area (Å²) in [5, 5.41) is 11.8. The van der Waals surface area contributed by atoms with Gasteiger partial charge in [0.2, 0.25) is 0 Å². The van der Waals surface area contributed by atoms with Gasteiger partial charge in [-0.1, -0.05) is 13.8 Å². The summed E-state index contributed by atoms with van der Waals surface area (Å²) in [7, 11) is 0. The molecule has 0 aromatic heterocycles. The first kappa shape index (κ1) is 14.7. The summed E-state index contributed by atoms with van der Waals surface area (Å²) < 4.78 is 39.4. The number of aliphatic hydroxyl groups is 1. The van der Waals surface area contributed by atoms with Crippen molar-refractivity contribution in [3.05, 3.63) is 0 Å². The SMILES string of the molecule is CC(C)[C@@H](CO)NCCOCC(F)(F)F. The van der Waals surface area contributed by atoms with Gasteiger partial charge in [-0.3, -0.25) is 0 Å². The van der Waals surface area contributed by atoms with Crippen molar-refractivity contribution in [3.8, 4) is 0 Å². The van der Waals surface area contributed by atoms with E-state index in [1.165, 1.54) is 0 Å². The van der Waals surface area contributed by atoms with Crippen LogP contribution in [-0.2, 0) is 4.74 Å². The van der Waals surface area contributed by atoms with Crippen LogP contribution in [0.4, 0.5) is 13.2 Å². The van der Waals surface area contributed by atoms with Gasteiger partial charge in [-0.25, -0.2) is 0 Å². The summed E-state index contributed by atoms with van der Waals surface area (Å²) in [6, 6.07) is -0.0977. The molecule has 0 aromatic carbocycles. The van der Waals surface area contributed by atoms with Crippen LogP contribution < -0.4 is 5.32 Å². The molecule has 0 heterocycles. The van der Waals surface area contributed by atoms with Gasteiger partial charge in [-0.05, 0) is 5.92 Å². The van der Waals surface area contributed by atoms with E-state index in [4.69, 9.17) is 5.11 Å². The fourth-order valence-corrected chi connectivity index (χ4v) is 1.02. The Morgan fingerprint density at radius 2 is 1.93 bits per heavy atom. The van der Waals surface area contributed by atoms with Crippen molar-refractivity contribution in [1.82, 2.24) is 5.32 Å². The minimum Gasteiger partial charge on any atom is -0.395 e. The zero-order valence-electron chi connectivity index (χ0n) is 8.97. The van der Waals surface area contributed by atoms with E-state index in [0.717, 1.165) is 0 Å². The molecule has 3 nitrogen and oxygen atoms in total. The van der Waals surface area contributed by atoms with Gasteiger partial charge >= 0.3 is 6.18 Å². The van der Waals surface area contributed by atoms with Crippen LogP contribution in [0.5, 0.6) is 0 Å². The van der Waals surface area contributed by atoms with E-state index < -0.39 is 12.8 Å². The van der Waals surface area contributed by atoms with Gasteiger partial charge < -0.3 is 15.2 Å². The van der Waals surface area contributed by atoms with E-state index in [-0.39, 0.29) is 25.2 Å². The maximum absolute atomic E-state index is 11.7. The minimum atomic E-state index is -4.27. The highest BCUT2D eigenvalue weighted by molar-refractivity contribution is 4.68. The molecule has 0 amide bonds. The maximum atomic E-state index is 11.7. The largest absolute Gasteiger partial charge is 0.411 e. The highest BCUT2D eigenvalue weighted by Crippen LogP contribution is 2.13. The number of ether oxygens (including phenoxy) is 1. The zero-order valence-corrected chi connectivity index (χ0v) is 8.97. The van der Waals surface area contributed by atoms with E-state index in [1.807, 2.05) is 13.8 Å². The number of nitrogens with one attached hydrogen (secondary N) is 1. The monoisotopic (exact) mass is 229 g/mol. The lowest BCUT2D eigenvalue weighted by Gasteiger charge is -2.19. The molecule has 0 aromatic rings. The number of aliphatic hydroxyl groups excluding tert-OH is 1. The molecule has 0 aliphatic carbocycles. The number of hydrogen-bond donors (Lipinski definition) is 2. The fourth-order valence-electron chi connectivity index (χ4n) is 1.02. The molecule has 2 N–H and O–H groups in total. The standard InChI is InChI=1S/C9H18F3NO2/c1-7(2)8(5-14)13-3-4-15-6-9(10,11)12/h7-8,13-14H,3-6H2,1-2H3/t8-/m1/s1. The number of hydrogen-bond acceptors (Lipinski definition) is 3. The van der Waals surface area contributed by atoms with Crippen molar-refractivity contribution in [2.45, 2.75) is 26.1 Å². The molecule has 15 heavy (non-hydrogen) atoms. The highest BCUT2D eigenvalue weighted by atomic mass is 19.4. The van der Waals surface area contributed by atoms with Crippen molar-refractivity contribution >= 4 is 0 Å². The van der Waals surface area contributed by atoms with Gasteiger partial charge in [0.25, 0.3) is 0 Å². The molecule has 1 atom stereocenters. The average Bonchev–Trinajstić information content (AvgIpc) is 2.08. The number of alkyl halides is 3. The van der Waals surface area contributed by atoms with Crippen LogP contribution in [0, 0.1) is 5.92 Å². The van der Waals surface area contributed by atoms with Crippen LogP contribution in [0.1, 0.15) is 13.8 Å². The predicted octanol–water partition coefficient (Wildman–Crippen LogP) is 1.17. The average molecular weight is 229 g/mol.